The van der Waals surface area contributed by atoms with Gasteiger partial charge >= 0.3 is 0 Å². The molecule has 0 amide bonds. The number of rotatable bonds is 11. The lowest BCUT2D eigenvalue weighted by Crippen LogP contribution is -2.21. The Morgan fingerprint density at radius 2 is 1.79 bits per heavy atom. The molecule has 0 fully saturated rings. The van der Waals surface area contributed by atoms with E-state index in [1.165, 1.54) is 0 Å². The van der Waals surface area contributed by atoms with Crippen LogP contribution in [0.2, 0.25) is 5.02 Å². The van der Waals surface area contributed by atoms with Gasteiger partial charge in [-0.2, -0.15) is 0 Å². The van der Waals surface area contributed by atoms with Crippen molar-refractivity contribution in [2.24, 2.45) is 0 Å². The Labute approximate surface area is 193 Å². The second kappa shape index (κ2) is 15.2. The van der Waals surface area contributed by atoms with Crippen LogP contribution in [0, 0.1) is 0 Å². The first-order valence-electron chi connectivity index (χ1n) is 8.79. The van der Waals surface area contributed by atoms with Crippen LogP contribution in [0.3, 0.4) is 0 Å². The molecule has 2 rings (SSSR count). The third-order valence-electron chi connectivity index (χ3n) is 3.91. The maximum Gasteiger partial charge on any atom is 0.175 e. The van der Waals surface area contributed by atoms with Gasteiger partial charge in [-0.1, -0.05) is 36.7 Å². The molecular weight excluding hydrogens is 486 g/mol. The minimum Gasteiger partial charge on any atom is -0.493 e. The van der Waals surface area contributed by atoms with Crippen LogP contribution in [0.5, 0.6) is 11.5 Å². The van der Waals surface area contributed by atoms with E-state index >= 15 is 0 Å². The van der Waals surface area contributed by atoms with Crippen LogP contribution in [0.25, 0.3) is 0 Å². The minimum atomic E-state index is 0. The number of nitrogens with one attached hydrogen (secondary N) is 2. The van der Waals surface area contributed by atoms with E-state index in [4.69, 9.17) is 21.1 Å². The van der Waals surface area contributed by atoms with Crippen molar-refractivity contribution in [1.82, 2.24) is 10.6 Å². The van der Waals surface area contributed by atoms with Gasteiger partial charge in [-0.3, -0.25) is 0 Å². The lowest BCUT2D eigenvalue weighted by Gasteiger charge is -2.15. The summed E-state index contributed by atoms with van der Waals surface area (Å²) in [5.41, 5.74) is 2.08. The summed E-state index contributed by atoms with van der Waals surface area (Å²) in [5, 5.41) is 7.46. The third-order valence-corrected chi connectivity index (χ3v) is 4.86. The van der Waals surface area contributed by atoms with Crippen LogP contribution >= 0.6 is 52.3 Å². The van der Waals surface area contributed by atoms with Crippen molar-refractivity contribution in [2.45, 2.75) is 26.5 Å². The summed E-state index contributed by atoms with van der Waals surface area (Å²) >= 11 is 9.79. The minimum absolute atomic E-state index is 0. The first kappa shape index (κ1) is 27.3. The van der Waals surface area contributed by atoms with Crippen molar-refractivity contribution in [3.63, 3.8) is 0 Å². The Bertz CT molecular complexity index is 705. The van der Waals surface area contributed by atoms with E-state index in [-0.39, 0.29) is 24.8 Å². The highest BCUT2D eigenvalue weighted by molar-refractivity contribution is 9.10. The van der Waals surface area contributed by atoms with Gasteiger partial charge in [0.05, 0.1) is 11.6 Å². The fourth-order valence-corrected chi connectivity index (χ4v) is 3.32. The van der Waals surface area contributed by atoms with Crippen molar-refractivity contribution in [2.75, 3.05) is 26.7 Å². The zero-order valence-corrected chi connectivity index (χ0v) is 20.1. The van der Waals surface area contributed by atoms with Crippen molar-refractivity contribution in [3.8, 4) is 11.5 Å². The van der Waals surface area contributed by atoms with Gasteiger partial charge in [-0.15, -0.1) is 24.8 Å². The largest absolute Gasteiger partial charge is 0.493 e. The van der Waals surface area contributed by atoms with E-state index in [9.17, 15) is 0 Å². The van der Waals surface area contributed by atoms with Crippen LogP contribution < -0.4 is 20.1 Å². The molecule has 28 heavy (non-hydrogen) atoms. The van der Waals surface area contributed by atoms with Gasteiger partial charge in [0.2, 0.25) is 0 Å². The highest BCUT2D eigenvalue weighted by Gasteiger charge is 2.12. The van der Waals surface area contributed by atoms with Crippen LogP contribution in [0.15, 0.2) is 40.9 Å². The van der Waals surface area contributed by atoms with E-state index in [1.54, 1.807) is 7.11 Å². The van der Waals surface area contributed by atoms with Crippen molar-refractivity contribution >= 4 is 52.3 Å². The SMILES string of the molecule is CCNCCCNCc1cc(Br)c(OCc2ccccc2Cl)c(OC)c1.Cl.Cl. The Hall–Kier alpha value is -0.690. The van der Waals surface area contributed by atoms with Crippen LogP contribution in [-0.2, 0) is 13.2 Å². The van der Waals surface area contributed by atoms with Gasteiger partial charge in [0.25, 0.3) is 0 Å². The number of hydrogen-bond donors (Lipinski definition) is 2. The van der Waals surface area contributed by atoms with E-state index in [1.807, 2.05) is 30.3 Å². The Morgan fingerprint density at radius 1 is 1.07 bits per heavy atom. The Kier molecular flexibility index (Phi) is 14.8. The number of halogens is 4. The van der Waals surface area contributed by atoms with E-state index in [0.717, 1.165) is 48.2 Å². The molecular formula is C20H28BrCl3N2O2. The quantitative estimate of drug-likeness (QED) is 0.382. The smallest absolute Gasteiger partial charge is 0.175 e. The molecule has 0 saturated heterocycles. The summed E-state index contributed by atoms with van der Waals surface area (Å²) in [6.45, 7) is 6.30. The molecule has 0 saturated carbocycles. The zero-order valence-electron chi connectivity index (χ0n) is 16.1. The van der Waals surface area contributed by atoms with Crippen molar-refractivity contribution in [1.29, 1.82) is 0 Å². The number of methoxy groups -OCH3 is 1. The molecule has 2 N–H and O–H groups in total. The number of ether oxygens (including phenoxy) is 2. The van der Waals surface area contributed by atoms with Gasteiger partial charge in [0.15, 0.2) is 11.5 Å². The molecule has 158 valence electrons. The van der Waals surface area contributed by atoms with Gasteiger partial charge < -0.3 is 20.1 Å². The predicted octanol–water partition coefficient (Wildman–Crippen LogP) is 5.62. The second-order valence-corrected chi connectivity index (χ2v) is 7.13. The van der Waals surface area contributed by atoms with E-state index in [0.29, 0.717) is 23.1 Å². The molecule has 0 spiro atoms. The summed E-state index contributed by atoms with van der Waals surface area (Å²) in [7, 11) is 1.65. The maximum atomic E-state index is 6.20. The molecule has 0 aliphatic carbocycles. The third kappa shape index (κ3) is 8.76. The molecule has 8 heteroatoms. The standard InChI is InChI=1S/C20H26BrClN2O2.2ClH/c1-3-23-9-6-10-24-13-15-11-17(21)20(19(12-15)25-2)26-14-16-7-4-5-8-18(16)22;;/h4-5,7-8,11-12,23-24H,3,6,9-10,13-14H2,1-2H3;2*1H. The highest BCUT2D eigenvalue weighted by Crippen LogP contribution is 2.37. The predicted molar refractivity (Wildman–Crippen MR) is 126 cm³/mol. The monoisotopic (exact) mass is 512 g/mol. The van der Waals surface area contributed by atoms with Gasteiger partial charge in [0.1, 0.15) is 6.61 Å². The van der Waals surface area contributed by atoms with E-state index in [2.05, 4.69) is 39.6 Å². The second-order valence-electron chi connectivity index (χ2n) is 5.87. The molecule has 0 atom stereocenters. The summed E-state index contributed by atoms with van der Waals surface area (Å²) < 4.78 is 12.4. The molecule has 0 aliphatic heterocycles. The molecule has 0 bridgehead atoms. The summed E-state index contributed by atoms with van der Waals surface area (Å²) in [4.78, 5) is 0. The maximum absolute atomic E-state index is 6.20. The average Bonchev–Trinajstić information content (AvgIpc) is 2.64. The summed E-state index contributed by atoms with van der Waals surface area (Å²) in [6.07, 6.45) is 1.10. The fraction of sp³-hybridized carbons (Fsp3) is 0.400. The average molecular weight is 515 g/mol. The molecule has 0 radical (unpaired) electrons. The van der Waals surface area contributed by atoms with Gasteiger partial charge in [-0.25, -0.2) is 0 Å². The highest BCUT2D eigenvalue weighted by atomic mass is 79.9. The molecule has 0 heterocycles. The zero-order chi connectivity index (χ0) is 18.8. The topological polar surface area (TPSA) is 42.5 Å². The molecule has 0 aromatic heterocycles. The fourth-order valence-electron chi connectivity index (χ4n) is 2.53. The van der Waals surface area contributed by atoms with Crippen LogP contribution in [-0.4, -0.2) is 26.7 Å². The molecule has 2 aromatic rings. The summed E-state index contributed by atoms with van der Waals surface area (Å²) in [5.74, 6) is 1.39. The Balaban J connectivity index is 0.00000364. The van der Waals surface area contributed by atoms with Crippen molar-refractivity contribution in [3.05, 3.63) is 57.0 Å². The van der Waals surface area contributed by atoms with Crippen LogP contribution in [0.1, 0.15) is 24.5 Å². The normalized spacial score (nSPS) is 10.0. The first-order chi connectivity index (χ1) is 12.7. The van der Waals surface area contributed by atoms with Crippen LogP contribution in [0.4, 0.5) is 0 Å². The molecule has 4 nitrogen and oxygen atoms in total. The number of benzene rings is 2. The lowest BCUT2D eigenvalue weighted by atomic mass is 10.2. The van der Waals surface area contributed by atoms with Gasteiger partial charge in [0, 0.05) is 17.1 Å². The van der Waals surface area contributed by atoms with E-state index < -0.39 is 0 Å². The Morgan fingerprint density at radius 3 is 2.46 bits per heavy atom. The lowest BCUT2D eigenvalue weighted by molar-refractivity contribution is 0.282. The number of hydrogen-bond acceptors (Lipinski definition) is 4. The van der Waals surface area contributed by atoms with Crippen molar-refractivity contribution < 1.29 is 9.47 Å². The first-order valence-corrected chi connectivity index (χ1v) is 9.96. The summed E-state index contributed by atoms with van der Waals surface area (Å²) in [6, 6.07) is 11.7. The van der Waals surface area contributed by atoms with Gasteiger partial charge in [-0.05, 0) is 65.7 Å². The molecule has 0 aliphatic rings. The molecule has 2 aromatic carbocycles. The molecule has 0 unspecified atom stereocenters.